The van der Waals surface area contributed by atoms with Crippen LogP contribution in [-0.4, -0.2) is 54.7 Å². The summed E-state index contributed by atoms with van der Waals surface area (Å²) in [5.41, 5.74) is -0.617. The van der Waals surface area contributed by atoms with Gasteiger partial charge in [0.2, 0.25) is 0 Å². The fourth-order valence-corrected chi connectivity index (χ4v) is 2.17. The number of carbonyl (C=O) groups excluding carboxylic acids is 3. The maximum absolute atomic E-state index is 12.4. The lowest BCUT2D eigenvalue weighted by molar-refractivity contribution is -0.145. The lowest BCUT2D eigenvalue weighted by Crippen LogP contribution is -2.45. The van der Waals surface area contributed by atoms with Gasteiger partial charge in [0.05, 0.1) is 18.8 Å². The van der Waals surface area contributed by atoms with Crippen LogP contribution in [0.15, 0.2) is 17.2 Å². The molecule has 0 radical (unpaired) electrons. The van der Waals surface area contributed by atoms with E-state index in [1.165, 1.54) is 6.08 Å². The van der Waals surface area contributed by atoms with Crippen LogP contribution >= 0.6 is 0 Å². The van der Waals surface area contributed by atoms with Crippen molar-refractivity contribution in [3.05, 3.63) is 24.0 Å². The Hall–Kier alpha value is -3.04. The van der Waals surface area contributed by atoms with Crippen molar-refractivity contribution in [3.8, 4) is 5.88 Å². The largest absolute Gasteiger partial charge is 0.471 e. The first-order chi connectivity index (χ1) is 13.6. The van der Waals surface area contributed by atoms with Gasteiger partial charge in [0.1, 0.15) is 18.2 Å². The highest BCUT2D eigenvalue weighted by atomic mass is 16.6. The van der Waals surface area contributed by atoms with Gasteiger partial charge in [-0.2, -0.15) is 0 Å². The molecule has 162 valence electrons. The second kappa shape index (κ2) is 11.1. The summed E-state index contributed by atoms with van der Waals surface area (Å²) in [6.45, 7) is 12.2. The molecule has 0 spiro atoms. The van der Waals surface area contributed by atoms with Crippen molar-refractivity contribution in [2.45, 2.75) is 52.7 Å². The summed E-state index contributed by atoms with van der Waals surface area (Å²) in [4.78, 5) is 36.7. The van der Waals surface area contributed by atoms with E-state index in [1.54, 1.807) is 34.6 Å². The number of amides is 1. The van der Waals surface area contributed by atoms with E-state index in [9.17, 15) is 14.4 Å². The minimum Gasteiger partial charge on any atom is -0.471 e. The van der Waals surface area contributed by atoms with Crippen molar-refractivity contribution in [1.29, 1.82) is 0 Å². The van der Waals surface area contributed by atoms with E-state index in [4.69, 9.17) is 23.5 Å². The minimum absolute atomic E-state index is 0.0201. The number of carbonyl (C=O) groups is 3. The molecule has 29 heavy (non-hydrogen) atoms. The molecule has 10 nitrogen and oxygen atoms in total. The quantitative estimate of drug-likeness (QED) is 0.350. The Morgan fingerprint density at radius 1 is 1.21 bits per heavy atom. The molecule has 10 heteroatoms. The zero-order valence-electron chi connectivity index (χ0n) is 17.4. The van der Waals surface area contributed by atoms with E-state index in [-0.39, 0.29) is 43.4 Å². The average Bonchev–Trinajstić information content (AvgIpc) is 3.00. The Labute approximate surface area is 169 Å². The van der Waals surface area contributed by atoms with Crippen LogP contribution in [0.25, 0.3) is 0 Å². The van der Waals surface area contributed by atoms with Gasteiger partial charge in [0.15, 0.2) is 0 Å². The summed E-state index contributed by atoms with van der Waals surface area (Å²) in [6.07, 6.45) is 0.463. The normalized spacial score (nSPS) is 11.9. The number of esters is 2. The third-order valence-electron chi connectivity index (χ3n) is 3.22. The van der Waals surface area contributed by atoms with Crippen LogP contribution in [0.2, 0.25) is 0 Å². The van der Waals surface area contributed by atoms with E-state index in [0.717, 1.165) is 0 Å². The summed E-state index contributed by atoms with van der Waals surface area (Å²) in [5, 5.41) is 6.16. The third-order valence-corrected chi connectivity index (χ3v) is 3.22. The fraction of sp³-hybridized carbons (Fsp3) is 0.579. The molecule has 1 atom stereocenters. The standard InChI is InChI=1S/C19H28N2O8/c1-7-10-27-15-12(14(29-21-15)17(23)26-9-3)11-13(16(22)25-8-2)20-18(24)28-19(4,5)6/h7,13H,1,8-11H2,2-6H3,(H,20,24). The van der Waals surface area contributed by atoms with E-state index in [2.05, 4.69) is 17.1 Å². The Bertz CT molecular complexity index is 720. The van der Waals surface area contributed by atoms with Crippen LogP contribution in [0.5, 0.6) is 5.88 Å². The lowest BCUT2D eigenvalue weighted by atomic mass is 10.1. The van der Waals surface area contributed by atoms with Crippen LogP contribution < -0.4 is 10.1 Å². The molecule has 0 bridgehead atoms. The molecule has 1 rings (SSSR count). The van der Waals surface area contributed by atoms with Crippen LogP contribution in [0.4, 0.5) is 4.79 Å². The SMILES string of the molecule is C=CCOc1noc(C(=O)OCC)c1CC(NC(=O)OC(C)(C)C)C(=O)OCC. The van der Waals surface area contributed by atoms with Gasteiger partial charge in [-0.05, 0) is 39.8 Å². The molecule has 1 unspecified atom stereocenters. The maximum atomic E-state index is 12.4. The topological polar surface area (TPSA) is 126 Å². The summed E-state index contributed by atoms with van der Waals surface area (Å²) >= 11 is 0. The van der Waals surface area contributed by atoms with Crippen molar-refractivity contribution in [2.24, 2.45) is 0 Å². The summed E-state index contributed by atoms with van der Waals surface area (Å²) in [7, 11) is 0. The van der Waals surface area contributed by atoms with E-state index in [1.807, 2.05) is 0 Å². The molecule has 1 aromatic rings. The van der Waals surface area contributed by atoms with E-state index < -0.39 is 29.7 Å². The van der Waals surface area contributed by atoms with Crippen LogP contribution in [0.3, 0.4) is 0 Å². The number of nitrogens with zero attached hydrogens (tertiary/aromatic N) is 1. The van der Waals surface area contributed by atoms with Gasteiger partial charge in [-0.3, -0.25) is 0 Å². The predicted molar refractivity (Wildman–Crippen MR) is 102 cm³/mol. The number of nitrogens with one attached hydrogen (secondary N) is 1. The van der Waals surface area contributed by atoms with Gasteiger partial charge in [-0.15, -0.1) is 0 Å². The fourth-order valence-electron chi connectivity index (χ4n) is 2.17. The highest BCUT2D eigenvalue weighted by Gasteiger charge is 2.32. The molecule has 0 saturated heterocycles. The summed E-state index contributed by atoms with van der Waals surface area (Å²) < 4.78 is 25.6. The molecule has 0 fully saturated rings. The molecule has 0 aliphatic rings. The van der Waals surface area contributed by atoms with Crippen molar-refractivity contribution in [3.63, 3.8) is 0 Å². The number of hydrogen-bond acceptors (Lipinski definition) is 9. The number of aromatic nitrogens is 1. The first-order valence-electron chi connectivity index (χ1n) is 9.18. The number of alkyl carbamates (subject to hydrolysis) is 1. The second-order valence-electron chi connectivity index (χ2n) is 6.77. The van der Waals surface area contributed by atoms with Crippen molar-refractivity contribution in [1.82, 2.24) is 10.5 Å². The zero-order chi connectivity index (χ0) is 22.0. The van der Waals surface area contributed by atoms with Crippen molar-refractivity contribution in [2.75, 3.05) is 19.8 Å². The van der Waals surface area contributed by atoms with Crippen molar-refractivity contribution >= 4 is 18.0 Å². The molecule has 1 aromatic heterocycles. The van der Waals surface area contributed by atoms with Gasteiger partial charge < -0.3 is 28.8 Å². The van der Waals surface area contributed by atoms with E-state index in [0.29, 0.717) is 0 Å². The Morgan fingerprint density at radius 3 is 2.41 bits per heavy atom. The predicted octanol–water partition coefficient (Wildman–Crippen LogP) is 2.42. The minimum atomic E-state index is -1.18. The first-order valence-corrected chi connectivity index (χ1v) is 9.18. The molecule has 1 N–H and O–H groups in total. The Balaban J connectivity index is 3.18. The molecular formula is C19H28N2O8. The summed E-state index contributed by atoms with van der Waals surface area (Å²) in [6, 6.07) is -1.18. The monoisotopic (exact) mass is 412 g/mol. The number of hydrogen-bond donors (Lipinski definition) is 1. The zero-order valence-corrected chi connectivity index (χ0v) is 17.4. The Morgan fingerprint density at radius 2 is 1.86 bits per heavy atom. The van der Waals surface area contributed by atoms with Crippen LogP contribution in [0.1, 0.15) is 50.7 Å². The van der Waals surface area contributed by atoms with Gasteiger partial charge in [-0.25, -0.2) is 14.4 Å². The molecule has 1 heterocycles. The van der Waals surface area contributed by atoms with Gasteiger partial charge in [-0.1, -0.05) is 12.7 Å². The third kappa shape index (κ3) is 7.84. The molecule has 0 aliphatic heterocycles. The summed E-state index contributed by atoms with van der Waals surface area (Å²) in [5.74, 6) is -1.74. The average molecular weight is 412 g/mol. The van der Waals surface area contributed by atoms with Crippen molar-refractivity contribution < 1.29 is 37.9 Å². The van der Waals surface area contributed by atoms with Crippen LogP contribution in [0, 0.1) is 0 Å². The number of ether oxygens (including phenoxy) is 4. The maximum Gasteiger partial charge on any atom is 0.408 e. The lowest BCUT2D eigenvalue weighted by Gasteiger charge is -2.22. The molecular weight excluding hydrogens is 384 g/mol. The highest BCUT2D eigenvalue weighted by Crippen LogP contribution is 2.25. The van der Waals surface area contributed by atoms with Gasteiger partial charge in [0.25, 0.3) is 11.6 Å². The molecule has 1 amide bonds. The second-order valence-corrected chi connectivity index (χ2v) is 6.77. The van der Waals surface area contributed by atoms with Gasteiger partial charge in [0, 0.05) is 6.42 Å². The smallest absolute Gasteiger partial charge is 0.408 e. The van der Waals surface area contributed by atoms with Crippen LogP contribution in [-0.2, 0) is 25.4 Å². The molecule has 0 aromatic carbocycles. The first kappa shape index (κ1) is 24.0. The molecule has 0 aliphatic carbocycles. The highest BCUT2D eigenvalue weighted by molar-refractivity contribution is 5.89. The Kier molecular flexibility index (Phi) is 9.17. The number of rotatable bonds is 10. The van der Waals surface area contributed by atoms with E-state index >= 15 is 0 Å². The van der Waals surface area contributed by atoms with Gasteiger partial charge >= 0.3 is 18.0 Å². The molecule has 0 saturated carbocycles.